The van der Waals surface area contributed by atoms with Gasteiger partial charge in [-0.1, -0.05) is 64.8 Å². The van der Waals surface area contributed by atoms with Gasteiger partial charge in [-0.25, -0.2) is 0 Å². The maximum atomic E-state index is 4.78. The van der Waals surface area contributed by atoms with E-state index in [-0.39, 0.29) is 44.6 Å². The van der Waals surface area contributed by atoms with Crippen LogP contribution in [0.4, 0.5) is 0 Å². The van der Waals surface area contributed by atoms with E-state index in [2.05, 4.69) is 18.6 Å². The normalized spacial score (nSPS) is 6.00. The topological polar surface area (TPSA) is 27.7 Å². The van der Waals surface area contributed by atoms with E-state index in [0.717, 1.165) is 26.2 Å². The van der Waals surface area contributed by atoms with Gasteiger partial charge < -0.3 is 14.2 Å². The summed E-state index contributed by atoms with van der Waals surface area (Å²) in [4.78, 5) is 0. The van der Waals surface area contributed by atoms with Crippen LogP contribution in [0.1, 0.15) is 84.6 Å². The minimum Gasteiger partial charge on any atom is -0.385 e. The van der Waals surface area contributed by atoms with Gasteiger partial charge in [0.05, 0.1) is 0 Å². The Kier molecular flexibility index (Phi) is 250. The predicted octanol–water partition coefficient (Wildman–Crippen LogP) is 6.95. The molecule has 0 atom stereocenters. The molecule has 0 aromatic carbocycles. The maximum Gasteiger partial charge on any atom is 0.0462 e. The Morgan fingerprint density at radius 3 is 0.905 bits per heavy atom. The summed E-state index contributed by atoms with van der Waals surface area (Å²) in [5.41, 5.74) is 0. The number of methoxy groups -OCH3 is 3. The van der Waals surface area contributed by atoms with E-state index in [1.807, 2.05) is 6.92 Å². The molecule has 0 saturated heterocycles. The zero-order valence-electron chi connectivity index (χ0n) is 11.5. The Bertz CT molecular complexity index is 61.5. The van der Waals surface area contributed by atoms with Crippen molar-refractivity contribution in [2.24, 2.45) is 0 Å². The number of rotatable bonds is 6. The lowest BCUT2D eigenvalue weighted by Crippen LogP contribution is -1.84. The number of unbranched alkanes of at least 4 members (excludes halogenated alkanes) is 1. The molecule has 0 radical (unpaired) electrons. The van der Waals surface area contributed by atoms with Gasteiger partial charge in [-0.3, -0.25) is 0 Å². The molecule has 0 bridgehead atoms. The SMILES string of the molecule is C.C.C.C.C.C.CCCCOC.CCCOC.CCOC. The van der Waals surface area contributed by atoms with Gasteiger partial charge in [-0.15, -0.1) is 0 Å². The third-order valence-corrected chi connectivity index (χ3v) is 1.40. The first-order chi connectivity index (χ1) is 7.24. The highest BCUT2D eigenvalue weighted by molar-refractivity contribution is 4.26. The van der Waals surface area contributed by atoms with Crippen molar-refractivity contribution in [2.45, 2.75) is 84.6 Å². The van der Waals surface area contributed by atoms with Gasteiger partial charge in [0.25, 0.3) is 0 Å². The van der Waals surface area contributed by atoms with E-state index in [9.17, 15) is 0 Å². The second-order valence-electron chi connectivity index (χ2n) is 2.92. The molecule has 0 aromatic heterocycles. The second-order valence-corrected chi connectivity index (χ2v) is 2.92. The van der Waals surface area contributed by atoms with Crippen LogP contribution in [0.2, 0.25) is 0 Å². The molecule has 0 aliphatic rings. The molecule has 0 saturated carbocycles. The molecule has 21 heavy (non-hydrogen) atoms. The van der Waals surface area contributed by atoms with E-state index in [4.69, 9.17) is 9.47 Å². The van der Waals surface area contributed by atoms with E-state index in [1.54, 1.807) is 21.3 Å². The van der Waals surface area contributed by atoms with Crippen LogP contribution in [-0.2, 0) is 14.2 Å². The third kappa shape index (κ3) is 184. The lowest BCUT2D eigenvalue weighted by atomic mass is 10.4. The van der Waals surface area contributed by atoms with Crippen molar-refractivity contribution in [3.05, 3.63) is 0 Å². The second kappa shape index (κ2) is 89.9. The highest BCUT2D eigenvalue weighted by Gasteiger charge is 1.74. The van der Waals surface area contributed by atoms with Crippen molar-refractivity contribution < 1.29 is 14.2 Å². The molecule has 0 rings (SSSR count). The molecule has 0 aromatic rings. The first-order valence-corrected chi connectivity index (χ1v) is 5.71. The smallest absolute Gasteiger partial charge is 0.0462 e. The van der Waals surface area contributed by atoms with Crippen LogP contribution in [0, 0.1) is 0 Å². The summed E-state index contributed by atoms with van der Waals surface area (Å²) in [6.45, 7) is 8.82. The Balaban J connectivity index is -0.0000000130. The molecular formula is C18H54O3. The minimum atomic E-state index is 0. The Hall–Kier alpha value is -0.120. The highest BCUT2D eigenvalue weighted by Crippen LogP contribution is 1.83. The van der Waals surface area contributed by atoms with Crippen molar-refractivity contribution in [3.8, 4) is 0 Å². The molecule has 0 spiro atoms. The quantitative estimate of drug-likeness (QED) is 0.496. The number of ether oxygens (including phenoxy) is 3. The highest BCUT2D eigenvalue weighted by atomic mass is 16.5. The average molecular weight is 319 g/mol. The first kappa shape index (κ1) is 58.5. The summed E-state index contributed by atoms with van der Waals surface area (Å²) in [5.74, 6) is 0. The maximum absolute atomic E-state index is 4.78. The summed E-state index contributed by atoms with van der Waals surface area (Å²) in [7, 11) is 5.12. The lowest BCUT2D eigenvalue weighted by molar-refractivity contribution is 0.194. The largest absolute Gasteiger partial charge is 0.385 e. The predicted molar refractivity (Wildman–Crippen MR) is 107 cm³/mol. The van der Waals surface area contributed by atoms with Gasteiger partial charge in [-0.05, 0) is 19.8 Å². The van der Waals surface area contributed by atoms with Gasteiger partial charge >= 0.3 is 0 Å². The summed E-state index contributed by atoms with van der Waals surface area (Å²) < 4.78 is 14.0. The van der Waals surface area contributed by atoms with Crippen LogP contribution >= 0.6 is 0 Å². The zero-order valence-corrected chi connectivity index (χ0v) is 11.5. The van der Waals surface area contributed by atoms with Crippen LogP contribution in [-0.4, -0.2) is 41.2 Å². The van der Waals surface area contributed by atoms with Crippen LogP contribution < -0.4 is 0 Å². The molecule has 0 N–H and O–H groups in total. The molecule has 3 nitrogen and oxygen atoms in total. The van der Waals surface area contributed by atoms with E-state index in [0.29, 0.717) is 0 Å². The monoisotopic (exact) mass is 318 g/mol. The molecule has 0 aliphatic carbocycles. The molecular weight excluding hydrogens is 264 g/mol. The molecule has 0 unspecified atom stereocenters. The summed E-state index contributed by atoms with van der Waals surface area (Å²) in [6, 6.07) is 0. The molecule has 0 amide bonds. The standard InChI is InChI=1S/C5H12O.C4H10O.C3H8O.6CH4/c1-3-4-5-6-2;1-3-4-5-2;1-3-4-2;;;;;;/h3-5H2,1-2H3;3-4H2,1-2H3;3H2,1-2H3;6*1H4. The third-order valence-electron chi connectivity index (χ3n) is 1.40. The number of hydrogen-bond donors (Lipinski definition) is 0. The van der Waals surface area contributed by atoms with Crippen LogP contribution in [0.5, 0.6) is 0 Å². The summed E-state index contributed by atoms with van der Waals surface area (Å²) in [6.07, 6.45) is 3.54. The Morgan fingerprint density at radius 1 is 0.524 bits per heavy atom. The van der Waals surface area contributed by atoms with E-state index in [1.165, 1.54) is 12.8 Å². The Labute approximate surface area is 140 Å². The minimum absolute atomic E-state index is 0. The summed E-state index contributed by atoms with van der Waals surface area (Å²) in [5, 5.41) is 0. The van der Waals surface area contributed by atoms with Gasteiger partial charge in [0.15, 0.2) is 0 Å². The van der Waals surface area contributed by atoms with Crippen molar-refractivity contribution in [1.29, 1.82) is 0 Å². The van der Waals surface area contributed by atoms with Gasteiger partial charge in [0.2, 0.25) is 0 Å². The Morgan fingerprint density at radius 2 is 0.857 bits per heavy atom. The molecule has 0 aliphatic heterocycles. The average Bonchev–Trinajstić information content (AvgIpc) is 2.28. The van der Waals surface area contributed by atoms with Crippen LogP contribution in [0.25, 0.3) is 0 Å². The first-order valence-electron chi connectivity index (χ1n) is 5.71. The summed E-state index contributed by atoms with van der Waals surface area (Å²) >= 11 is 0. The van der Waals surface area contributed by atoms with Crippen LogP contribution in [0.15, 0.2) is 0 Å². The molecule has 3 heteroatoms. The lowest BCUT2D eigenvalue weighted by Gasteiger charge is -1.89. The van der Waals surface area contributed by atoms with E-state index >= 15 is 0 Å². The van der Waals surface area contributed by atoms with Crippen molar-refractivity contribution >= 4 is 0 Å². The fraction of sp³-hybridized carbons (Fsp3) is 1.00. The van der Waals surface area contributed by atoms with Crippen molar-refractivity contribution in [2.75, 3.05) is 41.2 Å². The molecule has 0 fully saturated rings. The van der Waals surface area contributed by atoms with Gasteiger partial charge in [-0.2, -0.15) is 0 Å². The fourth-order valence-electron chi connectivity index (χ4n) is 0.493. The van der Waals surface area contributed by atoms with E-state index < -0.39 is 0 Å². The van der Waals surface area contributed by atoms with Crippen LogP contribution in [0.3, 0.4) is 0 Å². The van der Waals surface area contributed by atoms with Gasteiger partial charge in [0.1, 0.15) is 0 Å². The van der Waals surface area contributed by atoms with Crippen molar-refractivity contribution in [3.63, 3.8) is 0 Å². The molecule has 0 heterocycles. The zero-order chi connectivity index (χ0) is 12.4. The number of hydrogen-bond acceptors (Lipinski definition) is 3. The van der Waals surface area contributed by atoms with Crippen molar-refractivity contribution in [1.82, 2.24) is 0 Å². The fourth-order valence-corrected chi connectivity index (χ4v) is 0.493. The molecule has 144 valence electrons. The van der Waals surface area contributed by atoms with Gasteiger partial charge in [0, 0.05) is 41.2 Å².